The molecule has 0 fully saturated rings. The van der Waals surface area contributed by atoms with Crippen molar-refractivity contribution in [3.63, 3.8) is 0 Å². The van der Waals surface area contributed by atoms with E-state index < -0.39 is 15.8 Å². The average Bonchev–Trinajstić information content (AvgIpc) is 3.27. The minimum absolute atomic E-state index is 0.0118. The summed E-state index contributed by atoms with van der Waals surface area (Å²) in [7, 11) is -3.81. The quantitative estimate of drug-likeness (QED) is 0.384. The van der Waals surface area contributed by atoms with Crippen LogP contribution in [0.1, 0.15) is 24.8 Å². The normalized spacial score (nSPS) is 16.5. The zero-order valence-electron chi connectivity index (χ0n) is 16.7. The van der Waals surface area contributed by atoms with Crippen molar-refractivity contribution in [3.8, 4) is 5.75 Å². The number of nitrogens with one attached hydrogen (secondary N) is 1. The summed E-state index contributed by atoms with van der Waals surface area (Å²) in [6, 6.07) is 9.10. The van der Waals surface area contributed by atoms with E-state index in [0.717, 1.165) is 30.4 Å². The highest BCUT2D eigenvalue weighted by atomic mass is 35.5. The summed E-state index contributed by atoms with van der Waals surface area (Å²) in [4.78, 5) is 3.94. The molecule has 0 spiro atoms. The van der Waals surface area contributed by atoms with Gasteiger partial charge in [0.1, 0.15) is 11.6 Å². The van der Waals surface area contributed by atoms with Crippen LogP contribution in [0.5, 0.6) is 5.75 Å². The van der Waals surface area contributed by atoms with Gasteiger partial charge in [0, 0.05) is 11.3 Å². The average molecular weight is 513 g/mol. The van der Waals surface area contributed by atoms with E-state index in [1.165, 1.54) is 41.1 Å². The predicted octanol–water partition coefficient (Wildman–Crippen LogP) is 6.65. The second-order valence-electron chi connectivity index (χ2n) is 7.30. The van der Waals surface area contributed by atoms with Crippen LogP contribution in [-0.4, -0.2) is 20.0 Å². The van der Waals surface area contributed by atoms with E-state index in [-0.39, 0.29) is 26.7 Å². The van der Waals surface area contributed by atoms with Crippen LogP contribution >= 0.6 is 34.5 Å². The van der Waals surface area contributed by atoms with Gasteiger partial charge in [-0.3, -0.25) is 4.72 Å². The molecule has 1 aliphatic carbocycles. The number of ether oxygens (including phenoxy) is 1. The molecule has 1 N–H and O–H groups in total. The van der Waals surface area contributed by atoms with E-state index in [2.05, 4.69) is 15.8 Å². The Morgan fingerprint density at radius 2 is 2.03 bits per heavy atom. The number of nitrogens with zero attached hydrogens (tertiary/aromatic N) is 1. The molecule has 1 unspecified atom stereocenters. The van der Waals surface area contributed by atoms with Gasteiger partial charge in [-0.2, -0.15) is 0 Å². The van der Waals surface area contributed by atoms with Crippen LogP contribution in [0.25, 0.3) is 5.57 Å². The molecule has 1 heterocycles. The summed E-state index contributed by atoms with van der Waals surface area (Å²) in [6.45, 7) is 0.332. The van der Waals surface area contributed by atoms with Crippen LogP contribution in [0.3, 0.4) is 0 Å². The van der Waals surface area contributed by atoms with Crippen LogP contribution in [0.15, 0.2) is 58.3 Å². The molecular weight excluding hydrogens is 494 g/mol. The molecule has 4 rings (SSSR count). The minimum Gasteiger partial charge on any atom is -0.491 e. The maximum Gasteiger partial charge on any atom is 0.263 e. The highest BCUT2D eigenvalue weighted by Crippen LogP contribution is 2.35. The highest BCUT2D eigenvalue weighted by molar-refractivity contribution is 7.92. The Labute approximate surface area is 199 Å². The summed E-state index contributed by atoms with van der Waals surface area (Å²) in [6.07, 6.45) is 4.90. The van der Waals surface area contributed by atoms with Crippen LogP contribution in [0.2, 0.25) is 10.0 Å². The van der Waals surface area contributed by atoms with Crippen molar-refractivity contribution in [2.45, 2.75) is 24.2 Å². The van der Waals surface area contributed by atoms with Gasteiger partial charge in [0.2, 0.25) is 0 Å². The van der Waals surface area contributed by atoms with Gasteiger partial charge in [0.15, 0.2) is 5.82 Å². The standard InChI is InChI=1S/C22H19Cl2FN2O3S2/c23-18-7-5-14(9-20(18)25)17-4-2-1-3-15(17)11-30-21-8-6-16(10-19(21)24)32(28,29)27-22-12-31-13-26-22/h4-10,12-13,15,27H,1-3,11H2. The third-order valence-electron chi connectivity index (χ3n) is 5.14. The van der Waals surface area contributed by atoms with Gasteiger partial charge in [-0.05, 0) is 60.7 Å². The van der Waals surface area contributed by atoms with E-state index in [1.54, 1.807) is 17.5 Å². The first kappa shape index (κ1) is 23.0. The number of aromatic nitrogens is 1. The molecule has 0 aliphatic heterocycles. The molecule has 0 amide bonds. The van der Waals surface area contributed by atoms with Crippen LogP contribution < -0.4 is 9.46 Å². The third-order valence-corrected chi connectivity index (χ3v) is 7.68. The fourth-order valence-electron chi connectivity index (χ4n) is 3.56. The Morgan fingerprint density at radius 3 is 2.75 bits per heavy atom. The number of hydrogen-bond acceptors (Lipinski definition) is 5. The molecule has 2 aromatic carbocycles. The summed E-state index contributed by atoms with van der Waals surface area (Å²) in [5.41, 5.74) is 3.32. The number of allylic oxidation sites excluding steroid dienone is 1. The topological polar surface area (TPSA) is 68.3 Å². The lowest BCUT2D eigenvalue weighted by Gasteiger charge is -2.25. The third kappa shape index (κ3) is 5.26. The zero-order valence-corrected chi connectivity index (χ0v) is 19.9. The first-order valence-electron chi connectivity index (χ1n) is 9.82. The van der Waals surface area contributed by atoms with Gasteiger partial charge in [-0.1, -0.05) is 35.3 Å². The van der Waals surface area contributed by atoms with E-state index in [0.29, 0.717) is 12.4 Å². The first-order valence-corrected chi connectivity index (χ1v) is 13.0. The summed E-state index contributed by atoms with van der Waals surface area (Å²) in [5.74, 6) is 0.227. The number of sulfonamides is 1. The van der Waals surface area contributed by atoms with Gasteiger partial charge in [-0.25, -0.2) is 17.8 Å². The molecule has 168 valence electrons. The fourth-order valence-corrected chi connectivity index (χ4v) is 5.56. The fraction of sp³-hybridized carbons (Fsp3) is 0.227. The lowest BCUT2D eigenvalue weighted by atomic mass is 9.84. The van der Waals surface area contributed by atoms with Gasteiger partial charge >= 0.3 is 0 Å². The van der Waals surface area contributed by atoms with Crippen LogP contribution in [0, 0.1) is 11.7 Å². The molecular formula is C22H19Cl2FN2O3S2. The molecule has 1 aromatic heterocycles. The second-order valence-corrected chi connectivity index (χ2v) is 10.5. The van der Waals surface area contributed by atoms with Crippen LogP contribution in [-0.2, 0) is 10.0 Å². The number of hydrogen-bond donors (Lipinski definition) is 1. The van der Waals surface area contributed by atoms with Crippen molar-refractivity contribution in [2.75, 3.05) is 11.3 Å². The molecule has 0 bridgehead atoms. The number of halogens is 3. The van der Waals surface area contributed by atoms with Gasteiger partial charge in [-0.15, -0.1) is 11.3 Å². The van der Waals surface area contributed by atoms with E-state index in [1.807, 2.05) is 0 Å². The number of anilines is 1. The lowest BCUT2D eigenvalue weighted by molar-refractivity contribution is 0.268. The lowest BCUT2D eigenvalue weighted by Crippen LogP contribution is -2.17. The number of rotatable bonds is 7. The molecule has 0 radical (unpaired) electrons. The molecule has 32 heavy (non-hydrogen) atoms. The van der Waals surface area contributed by atoms with E-state index >= 15 is 0 Å². The smallest absolute Gasteiger partial charge is 0.263 e. The van der Waals surface area contributed by atoms with Crippen molar-refractivity contribution in [1.82, 2.24) is 4.98 Å². The van der Waals surface area contributed by atoms with Crippen molar-refractivity contribution >= 4 is 56.0 Å². The maximum atomic E-state index is 14.0. The van der Waals surface area contributed by atoms with Gasteiger partial charge < -0.3 is 4.74 Å². The van der Waals surface area contributed by atoms with E-state index in [9.17, 15) is 12.8 Å². The molecule has 3 aromatic rings. The monoisotopic (exact) mass is 512 g/mol. The Morgan fingerprint density at radius 1 is 1.19 bits per heavy atom. The number of thiazole rings is 1. The van der Waals surface area contributed by atoms with Crippen molar-refractivity contribution < 1.29 is 17.5 Å². The second kappa shape index (κ2) is 9.79. The Balaban J connectivity index is 1.47. The molecule has 0 saturated carbocycles. The molecule has 10 heteroatoms. The molecule has 5 nitrogen and oxygen atoms in total. The molecule has 1 atom stereocenters. The number of benzene rings is 2. The minimum atomic E-state index is -3.81. The SMILES string of the molecule is O=S(=O)(Nc1cscn1)c1ccc(OCC2CCCC=C2c2ccc(Cl)c(F)c2)c(Cl)c1. The van der Waals surface area contributed by atoms with Crippen molar-refractivity contribution in [1.29, 1.82) is 0 Å². The summed E-state index contributed by atoms with van der Waals surface area (Å²) >= 11 is 13.4. The van der Waals surface area contributed by atoms with Crippen molar-refractivity contribution in [3.05, 3.63) is 74.8 Å². The molecule has 1 aliphatic rings. The first-order chi connectivity index (χ1) is 15.3. The van der Waals surface area contributed by atoms with E-state index in [4.69, 9.17) is 27.9 Å². The predicted molar refractivity (Wildman–Crippen MR) is 127 cm³/mol. The van der Waals surface area contributed by atoms with Crippen molar-refractivity contribution in [2.24, 2.45) is 5.92 Å². The Bertz CT molecular complexity index is 1250. The largest absolute Gasteiger partial charge is 0.491 e. The highest BCUT2D eigenvalue weighted by Gasteiger charge is 2.22. The maximum absolute atomic E-state index is 14.0. The summed E-state index contributed by atoms with van der Waals surface area (Å²) in [5, 5.41) is 1.87. The van der Waals surface area contributed by atoms with Gasteiger partial charge in [0.25, 0.3) is 10.0 Å². The Kier molecular flexibility index (Phi) is 7.05. The Hall–Kier alpha value is -2.13. The van der Waals surface area contributed by atoms with Gasteiger partial charge in [0.05, 0.1) is 27.1 Å². The van der Waals surface area contributed by atoms with Crippen LogP contribution in [0.4, 0.5) is 10.2 Å². The zero-order chi connectivity index (χ0) is 22.7. The molecule has 0 saturated heterocycles. The summed E-state index contributed by atoms with van der Waals surface area (Å²) < 4.78 is 47.3.